The van der Waals surface area contributed by atoms with Crippen molar-refractivity contribution in [1.29, 1.82) is 0 Å². The minimum atomic E-state index is -0.0207. The van der Waals surface area contributed by atoms with Crippen LogP contribution in [0.15, 0.2) is 35.8 Å². The van der Waals surface area contributed by atoms with Crippen molar-refractivity contribution in [1.82, 2.24) is 9.88 Å². The average Bonchev–Trinajstić information content (AvgIpc) is 3.31. The highest BCUT2D eigenvalue weighted by Crippen LogP contribution is 2.24. The molecule has 1 aromatic carbocycles. The molecule has 28 heavy (non-hydrogen) atoms. The molecule has 0 bridgehead atoms. The lowest BCUT2D eigenvalue weighted by molar-refractivity contribution is -0.117. The van der Waals surface area contributed by atoms with Crippen molar-refractivity contribution in [2.24, 2.45) is 0 Å². The Morgan fingerprint density at radius 2 is 2.07 bits per heavy atom. The minimum Gasteiger partial charge on any atom is -0.347 e. The second-order valence-electron chi connectivity index (χ2n) is 7.18. The molecule has 4 rings (SSSR count). The highest BCUT2D eigenvalue weighted by molar-refractivity contribution is 7.13. The number of thiazole rings is 1. The number of carbonyl (C=O) groups excluding carboxylic acids is 2. The van der Waals surface area contributed by atoms with Crippen LogP contribution in [0, 0.1) is 0 Å². The summed E-state index contributed by atoms with van der Waals surface area (Å²) in [5, 5.41) is 6.04. The molecule has 2 fully saturated rings. The van der Waals surface area contributed by atoms with Gasteiger partial charge in [0.2, 0.25) is 11.8 Å². The Kier molecular flexibility index (Phi) is 5.87. The molecule has 2 aliphatic rings. The van der Waals surface area contributed by atoms with E-state index in [1.807, 2.05) is 35.8 Å². The normalized spacial score (nSPS) is 18.4. The Morgan fingerprint density at radius 3 is 2.86 bits per heavy atom. The van der Waals surface area contributed by atoms with Gasteiger partial charge in [-0.15, -0.1) is 11.3 Å². The number of anilines is 3. The SMILES string of the molecule is O=C(CN1CCCN(c2nccs2)CC1)Nc1cccc(N2CCCC2=O)c1. The molecule has 1 aromatic heterocycles. The van der Waals surface area contributed by atoms with Gasteiger partial charge >= 0.3 is 0 Å². The molecule has 0 atom stereocenters. The summed E-state index contributed by atoms with van der Waals surface area (Å²) in [5.41, 5.74) is 1.59. The first-order valence-corrected chi connectivity index (χ1v) is 10.6. The monoisotopic (exact) mass is 399 g/mol. The lowest BCUT2D eigenvalue weighted by atomic mass is 10.2. The summed E-state index contributed by atoms with van der Waals surface area (Å²) in [6, 6.07) is 7.55. The molecule has 3 heterocycles. The van der Waals surface area contributed by atoms with E-state index in [9.17, 15) is 9.59 Å². The van der Waals surface area contributed by atoms with Crippen LogP contribution >= 0.6 is 11.3 Å². The summed E-state index contributed by atoms with van der Waals surface area (Å²) in [7, 11) is 0. The molecule has 7 nitrogen and oxygen atoms in total. The van der Waals surface area contributed by atoms with Crippen LogP contribution < -0.4 is 15.1 Å². The molecule has 2 aromatic rings. The summed E-state index contributed by atoms with van der Waals surface area (Å²) < 4.78 is 0. The summed E-state index contributed by atoms with van der Waals surface area (Å²) in [4.78, 5) is 35.1. The molecule has 0 spiro atoms. The zero-order chi connectivity index (χ0) is 19.3. The van der Waals surface area contributed by atoms with Gasteiger partial charge in [0.05, 0.1) is 6.54 Å². The Morgan fingerprint density at radius 1 is 1.14 bits per heavy atom. The number of nitrogens with one attached hydrogen (secondary N) is 1. The lowest BCUT2D eigenvalue weighted by Gasteiger charge is -2.21. The van der Waals surface area contributed by atoms with Gasteiger partial charge in [0, 0.05) is 62.1 Å². The fourth-order valence-corrected chi connectivity index (χ4v) is 4.47. The molecule has 0 unspecified atom stereocenters. The van der Waals surface area contributed by atoms with Gasteiger partial charge in [0.15, 0.2) is 5.13 Å². The van der Waals surface area contributed by atoms with Gasteiger partial charge in [0.25, 0.3) is 0 Å². The van der Waals surface area contributed by atoms with Crippen LogP contribution in [0.2, 0.25) is 0 Å². The Hall–Kier alpha value is -2.45. The van der Waals surface area contributed by atoms with Crippen LogP contribution in [0.4, 0.5) is 16.5 Å². The van der Waals surface area contributed by atoms with Gasteiger partial charge in [-0.3, -0.25) is 14.5 Å². The van der Waals surface area contributed by atoms with Crippen molar-refractivity contribution in [3.05, 3.63) is 35.8 Å². The first-order valence-electron chi connectivity index (χ1n) is 9.76. The molecular weight excluding hydrogens is 374 g/mol. The maximum atomic E-state index is 12.5. The van der Waals surface area contributed by atoms with Crippen molar-refractivity contribution in [2.45, 2.75) is 19.3 Å². The number of benzene rings is 1. The maximum absolute atomic E-state index is 12.5. The predicted octanol–water partition coefficient (Wildman–Crippen LogP) is 2.42. The minimum absolute atomic E-state index is 0.0207. The molecule has 0 aliphatic carbocycles. The van der Waals surface area contributed by atoms with E-state index in [0.717, 1.165) is 62.1 Å². The average molecular weight is 400 g/mol. The van der Waals surface area contributed by atoms with Gasteiger partial charge in [-0.05, 0) is 31.0 Å². The first-order chi connectivity index (χ1) is 13.7. The number of amides is 2. The number of nitrogens with zero attached hydrogens (tertiary/aromatic N) is 4. The Bertz CT molecular complexity index is 826. The van der Waals surface area contributed by atoms with Crippen LogP contribution in [0.1, 0.15) is 19.3 Å². The topological polar surface area (TPSA) is 68.8 Å². The third kappa shape index (κ3) is 4.51. The van der Waals surface area contributed by atoms with E-state index in [-0.39, 0.29) is 11.8 Å². The lowest BCUT2D eigenvalue weighted by Crippen LogP contribution is -2.36. The van der Waals surface area contributed by atoms with Gasteiger partial charge in [0.1, 0.15) is 0 Å². The predicted molar refractivity (Wildman–Crippen MR) is 112 cm³/mol. The second kappa shape index (κ2) is 8.70. The van der Waals surface area contributed by atoms with Crippen molar-refractivity contribution >= 4 is 39.7 Å². The molecule has 0 radical (unpaired) electrons. The third-order valence-corrected chi connectivity index (χ3v) is 5.99. The zero-order valence-electron chi connectivity index (χ0n) is 15.8. The van der Waals surface area contributed by atoms with Gasteiger partial charge in [-0.2, -0.15) is 0 Å². The molecule has 1 N–H and O–H groups in total. The van der Waals surface area contributed by atoms with Crippen LogP contribution in [0.3, 0.4) is 0 Å². The Labute approximate surface area is 169 Å². The van der Waals surface area contributed by atoms with Crippen LogP contribution in [-0.4, -0.2) is 61.0 Å². The van der Waals surface area contributed by atoms with E-state index < -0.39 is 0 Å². The second-order valence-corrected chi connectivity index (χ2v) is 8.05. The summed E-state index contributed by atoms with van der Waals surface area (Å²) >= 11 is 1.66. The zero-order valence-corrected chi connectivity index (χ0v) is 16.7. The molecule has 2 saturated heterocycles. The summed E-state index contributed by atoms with van der Waals surface area (Å²) in [6.07, 6.45) is 4.34. The van der Waals surface area contributed by atoms with Gasteiger partial charge in [-0.25, -0.2) is 4.98 Å². The van der Waals surface area contributed by atoms with Crippen LogP contribution in [0.5, 0.6) is 0 Å². The smallest absolute Gasteiger partial charge is 0.238 e. The van der Waals surface area contributed by atoms with E-state index in [1.165, 1.54) is 0 Å². The number of hydrogen-bond donors (Lipinski definition) is 1. The molecular formula is C20H25N5O2S. The number of carbonyl (C=O) groups is 2. The van der Waals surface area contributed by atoms with E-state index >= 15 is 0 Å². The molecule has 148 valence electrons. The number of hydrogen-bond acceptors (Lipinski definition) is 6. The van der Waals surface area contributed by atoms with Gasteiger partial charge < -0.3 is 15.1 Å². The number of rotatable bonds is 5. The van der Waals surface area contributed by atoms with Crippen molar-refractivity contribution in [3.63, 3.8) is 0 Å². The number of aromatic nitrogens is 1. The molecule has 0 saturated carbocycles. The van der Waals surface area contributed by atoms with E-state index in [1.54, 1.807) is 16.2 Å². The first kappa shape index (κ1) is 18.9. The van der Waals surface area contributed by atoms with Gasteiger partial charge in [-0.1, -0.05) is 6.07 Å². The van der Waals surface area contributed by atoms with E-state index in [2.05, 4.69) is 20.1 Å². The maximum Gasteiger partial charge on any atom is 0.238 e. The van der Waals surface area contributed by atoms with E-state index in [4.69, 9.17) is 0 Å². The molecule has 2 aliphatic heterocycles. The van der Waals surface area contributed by atoms with Crippen LogP contribution in [-0.2, 0) is 9.59 Å². The fraction of sp³-hybridized carbons (Fsp3) is 0.450. The fourth-order valence-electron chi connectivity index (χ4n) is 3.77. The largest absolute Gasteiger partial charge is 0.347 e. The van der Waals surface area contributed by atoms with Crippen molar-refractivity contribution in [3.8, 4) is 0 Å². The third-order valence-electron chi connectivity index (χ3n) is 5.16. The van der Waals surface area contributed by atoms with Crippen molar-refractivity contribution < 1.29 is 9.59 Å². The summed E-state index contributed by atoms with van der Waals surface area (Å²) in [6.45, 7) is 4.72. The standard InChI is InChI=1S/C20H25N5O2S/c26-18(15-23-8-3-9-24(12-11-23)20-21-7-13-28-20)22-16-4-1-5-17(14-16)25-10-2-6-19(25)27/h1,4-5,7,13-14H,2-3,6,8-12,15H2,(H,22,26). The molecule has 8 heteroatoms. The van der Waals surface area contributed by atoms with Crippen molar-refractivity contribution in [2.75, 3.05) is 54.4 Å². The molecule has 2 amide bonds. The summed E-state index contributed by atoms with van der Waals surface area (Å²) in [5.74, 6) is 0.130. The highest BCUT2D eigenvalue weighted by atomic mass is 32.1. The quantitative estimate of drug-likeness (QED) is 0.836. The van der Waals surface area contributed by atoms with E-state index in [0.29, 0.717) is 13.0 Å². The highest BCUT2D eigenvalue weighted by Gasteiger charge is 2.22. The van der Waals surface area contributed by atoms with Crippen LogP contribution in [0.25, 0.3) is 0 Å². The Balaban J connectivity index is 1.31.